The number of guanidine groups is 1. The summed E-state index contributed by atoms with van der Waals surface area (Å²) in [5.74, 6) is 0.740. The van der Waals surface area contributed by atoms with E-state index in [0.717, 1.165) is 17.7 Å². The monoisotopic (exact) mass is 343 g/mol. The highest BCUT2D eigenvalue weighted by Gasteiger charge is 2.36. The minimum atomic E-state index is -0.223. The van der Waals surface area contributed by atoms with Crippen molar-refractivity contribution in [1.82, 2.24) is 15.2 Å². The van der Waals surface area contributed by atoms with Gasteiger partial charge in [0.25, 0.3) is 0 Å². The van der Waals surface area contributed by atoms with E-state index in [4.69, 9.17) is 10.8 Å². The van der Waals surface area contributed by atoms with Gasteiger partial charge in [-0.05, 0) is 17.5 Å². The van der Waals surface area contributed by atoms with Crippen LogP contribution in [0.3, 0.4) is 0 Å². The zero-order valence-corrected chi connectivity index (χ0v) is 14.3. The van der Waals surface area contributed by atoms with Crippen LogP contribution >= 0.6 is 11.3 Å². The first-order valence-electron chi connectivity index (χ1n) is 8.05. The molecule has 2 atom stereocenters. The van der Waals surface area contributed by atoms with Gasteiger partial charge in [0.15, 0.2) is 5.96 Å². The first kappa shape index (κ1) is 15.4. The van der Waals surface area contributed by atoms with Crippen LogP contribution in [0.25, 0.3) is 5.57 Å². The van der Waals surface area contributed by atoms with Gasteiger partial charge in [-0.25, -0.2) is 4.99 Å². The maximum atomic E-state index is 9.15. The lowest BCUT2D eigenvalue weighted by Crippen LogP contribution is -2.44. The fourth-order valence-electron chi connectivity index (χ4n) is 3.67. The summed E-state index contributed by atoms with van der Waals surface area (Å²) in [7, 11) is 2.09. The van der Waals surface area contributed by atoms with Gasteiger partial charge in [0.2, 0.25) is 0 Å². The second kappa shape index (κ2) is 6.08. The molecule has 0 bridgehead atoms. The molecule has 0 radical (unpaired) electrons. The van der Waals surface area contributed by atoms with Crippen molar-refractivity contribution in [3.63, 3.8) is 0 Å². The van der Waals surface area contributed by atoms with Crippen molar-refractivity contribution >= 4 is 22.9 Å². The predicted octanol–water partition coefficient (Wildman–Crippen LogP) is 1.16. The van der Waals surface area contributed by atoms with Crippen LogP contribution in [-0.2, 0) is 7.05 Å². The smallest absolute Gasteiger partial charge is 0.194 e. The third kappa shape index (κ3) is 2.45. The van der Waals surface area contributed by atoms with E-state index in [2.05, 4.69) is 57.0 Å². The van der Waals surface area contributed by atoms with E-state index in [1.54, 1.807) is 11.3 Å². The summed E-state index contributed by atoms with van der Waals surface area (Å²) >= 11 is 1.79. The van der Waals surface area contributed by atoms with Gasteiger partial charge in [0.05, 0.1) is 6.61 Å². The van der Waals surface area contributed by atoms with E-state index < -0.39 is 0 Å². The third-order valence-corrected chi connectivity index (χ3v) is 5.62. The first-order valence-corrected chi connectivity index (χ1v) is 8.93. The number of aliphatic imine (C=N–C) groups is 1. The predicted molar refractivity (Wildman–Crippen MR) is 96.7 cm³/mol. The van der Waals surface area contributed by atoms with Gasteiger partial charge in [-0.1, -0.05) is 6.07 Å². The molecule has 4 rings (SSSR count). The molecule has 2 aromatic rings. The van der Waals surface area contributed by atoms with Crippen molar-refractivity contribution in [2.24, 2.45) is 17.8 Å². The molecule has 0 saturated carbocycles. The topological polar surface area (TPSA) is 87.6 Å². The van der Waals surface area contributed by atoms with Crippen molar-refractivity contribution in [2.45, 2.75) is 18.5 Å². The number of aryl methyl sites for hydroxylation is 1. The lowest BCUT2D eigenvalue weighted by molar-refractivity contribution is 0.289. The highest BCUT2D eigenvalue weighted by atomic mass is 32.1. The van der Waals surface area contributed by atoms with Gasteiger partial charge < -0.3 is 20.7 Å². The standard InChI is InChI=1S/C17H21N5OS/c1-22-6-4-10-14-12(20-17(18)21-16(14)19-5-7-23)9-11(15(10)22)13-3-2-8-24-13/h2-4,6,8,11,16,19,23H,5,7,9H2,1H3,(H3,18,20,21). The Morgan fingerprint density at radius 1 is 1.50 bits per heavy atom. The number of hydrogen-bond acceptors (Lipinski definition) is 6. The number of nitrogens with two attached hydrogens (primary N) is 1. The number of aliphatic hydroxyl groups excluding tert-OH is 1. The van der Waals surface area contributed by atoms with E-state index in [1.165, 1.54) is 16.1 Å². The molecule has 0 amide bonds. The molecule has 1 aliphatic heterocycles. The van der Waals surface area contributed by atoms with Gasteiger partial charge in [-0.2, -0.15) is 0 Å². The SMILES string of the molecule is Cn1ccc2c1C(c1cccs1)CC1=C2C(NCCO)N=C(N)N1. The Balaban J connectivity index is 1.81. The fraction of sp³-hybridized carbons (Fsp3) is 0.353. The number of aromatic nitrogens is 1. The van der Waals surface area contributed by atoms with Crippen molar-refractivity contribution in [2.75, 3.05) is 13.2 Å². The molecular weight excluding hydrogens is 322 g/mol. The van der Waals surface area contributed by atoms with E-state index in [-0.39, 0.29) is 12.8 Å². The number of nitrogens with one attached hydrogen (secondary N) is 2. The molecule has 2 aromatic heterocycles. The number of hydrogen-bond donors (Lipinski definition) is 4. The maximum absolute atomic E-state index is 9.15. The minimum Gasteiger partial charge on any atom is -0.395 e. The molecular formula is C17H21N5OS. The highest BCUT2D eigenvalue weighted by molar-refractivity contribution is 7.10. The molecule has 2 aliphatic rings. The maximum Gasteiger partial charge on any atom is 0.194 e. The summed E-state index contributed by atoms with van der Waals surface area (Å²) in [4.78, 5) is 5.85. The van der Waals surface area contributed by atoms with Gasteiger partial charge >= 0.3 is 0 Å². The second-order valence-electron chi connectivity index (χ2n) is 6.11. The normalized spacial score (nSPS) is 22.7. The average Bonchev–Trinajstić information content (AvgIpc) is 3.22. The highest BCUT2D eigenvalue weighted by Crippen LogP contribution is 2.44. The van der Waals surface area contributed by atoms with Gasteiger partial charge in [-0.15, -0.1) is 11.3 Å². The van der Waals surface area contributed by atoms with Crippen LogP contribution in [0, 0.1) is 0 Å². The van der Waals surface area contributed by atoms with E-state index in [0.29, 0.717) is 18.4 Å². The minimum absolute atomic E-state index is 0.0709. The summed E-state index contributed by atoms with van der Waals surface area (Å²) in [5, 5.41) is 17.8. The van der Waals surface area contributed by atoms with Crippen molar-refractivity contribution in [1.29, 1.82) is 0 Å². The molecule has 1 aliphatic carbocycles. The van der Waals surface area contributed by atoms with Gasteiger partial charge in [0, 0.05) is 59.5 Å². The Labute approximate surface area is 144 Å². The molecule has 7 heteroatoms. The van der Waals surface area contributed by atoms with Crippen LogP contribution in [0.5, 0.6) is 0 Å². The van der Waals surface area contributed by atoms with Crippen LogP contribution in [0.4, 0.5) is 0 Å². The van der Waals surface area contributed by atoms with Crippen molar-refractivity contribution < 1.29 is 5.11 Å². The zero-order valence-electron chi connectivity index (χ0n) is 13.5. The van der Waals surface area contributed by atoms with Crippen molar-refractivity contribution in [3.05, 3.63) is 51.6 Å². The van der Waals surface area contributed by atoms with E-state index >= 15 is 0 Å². The fourth-order valence-corrected chi connectivity index (χ4v) is 4.50. The van der Waals surface area contributed by atoms with Crippen LogP contribution in [0.1, 0.15) is 28.5 Å². The Bertz CT molecular complexity index is 805. The number of nitrogens with zero attached hydrogens (tertiary/aromatic N) is 2. The Kier molecular flexibility index (Phi) is 3.91. The lowest BCUT2D eigenvalue weighted by Gasteiger charge is -2.34. The Morgan fingerprint density at radius 2 is 2.38 bits per heavy atom. The van der Waals surface area contributed by atoms with Crippen LogP contribution < -0.4 is 16.4 Å². The van der Waals surface area contributed by atoms with Gasteiger partial charge in [-0.3, -0.25) is 5.32 Å². The lowest BCUT2D eigenvalue weighted by atomic mass is 9.83. The molecule has 2 unspecified atom stereocenters. The molecule has 0 aromatic carbocycles. The number of fused-ring (bicyclic) bond motifs is 2. The molecule has 6 nitrogen and oxygen atoms in total. The summed E-state index contributed by atoms with van der Waals surface area (Å²) in [5.41, 5.74) is 10.8. The summed E-state index contributed by atoms with van der Waals surface area (Å²) in [6.45, 7) is 0.552. The molecule has 0 spiro atoms. The quantitative estimate of drug-likeness (QED) is 0.671. The number of aliphatic hydroxyl groups is 1. The summed E-state index contributed by atoms with van der Waals surface area (Å²) < 4.78 is 2.20. The van der Waals surface area contributed by atoms with Crippen LogP contribution in [-0.4, -0.2) is 35.0 Å². The largest absolute Gasteiger partial charge is 0.395 e. The van der Waals surface area contributed by atoms with E-state index in [9.17, 15) is 0 Å². The van der Waals surface area contributed by atoms with Crippen LogP contribution in [0.2, 0.25) is 0 Å². The molecule has 126 valence electrons. The van der Waals surface area contributed by atoms with E-state index in [1.807, 2.05) is 0 Å². The number of rotatable bonds is 4. The molecule has 5 N–H and O–H groups in total. The molecule has 3 heterocycles. The summed E-state index contributed by atoms with van der Waals surface area (Å²) in [6, 6.07) is 6.44. The summed E-state index contributed by atoms with van der Waals surface area (Å²) in [6.07, 6.45) is 2.75. The molecule has 24 heavy (non-hydrogen) atoms. The number of thiophene rings is 1. The van der Waals surface area contributed by atoms with Crippen LogP contribution in [0.15, 0.2) is 40.5 Å². The third-order valence-electron chi connectivity index (χ3n) is 4.63. The molecule has 0 saturated heterocycles. The Morgan fingerprint density at radius 3 is 3.12 bits per heavy atom. The Hall–Kier alpha value is -2.09. The average molecular weight is 343 g/mol. The van der Waals surface area contributed by atoms with Gasteiger partial charge in [0.1, 0.15) is 6.17 Å². The zero-order chi connectivity index (χ0) is 16.7. The molecule has 0 fully saturated rings. The van der Waals surface area contributed by atoms with Crippen molar-refractivity contribution in [3.8, 4) is 0 Å². The number of allylic oxidation sites excluding steroid dienone is 1. The second-order valence-corrected chi connectivity index (χ2v) is 7.09. The first-order chi connectivity index (χ1) is 11.7.